The summed E-state index contributed by atoms with van der Waals surface area (Å²) in [6.45, 7) is 0. The van der Waals surface area contributed by atoms with Gasteiger partial charge in [0.1, 0.15) is 11.5 Å². The zero-order chi connectivity index (χ0) is 15.6. The van der Waals surface area contributed by atoms with Crippen molar-refractivity contribution >= 4 is 17.3 Å². The molecular formula is C14H10F4N2O. The summed E-state index contributed by atoms with van der Waals surface area (Å²) in [4.78, 5) is 11.7. The zero-order valence-corrected chi connectivity index (χ0v) is 10.6. The number of nitrogens with one attached hydrogen (secondary N) is 1. The molecule has 0 heterocycles. The summed E-state index contributed by atoms with van der Waals surface area (Å²) in [7, 11) is 0. The maximum Gasteiger partial charge on any atom is 0.229 e. The second-order valence-electron chi connectivity index (χ2n) is 4.29. The second-order valence-corrected chi connectivity index (χ2v) is 4.29. The summed E-state index contributed by atoms with van der Waals surface area (Å²) in [5.74, 6) is -5.00. The van der Waals surface area contributed by atoms with Gasteiger partial charge in [-0.3, -0.25) is 4.79 Å². The second kappa shape index (κ2) is 5.82. The molecule has 0 aromatic heterocycles. The number of rotatable bonds is 3. The number of hydrogen-bond acceptors (Lipinski definition) is 2. The third-order valence-electron chi connectivity index (χ3n) is 2.73. The maximum atomic E-state index is 13.5. The molecular weight excluding hydrogens is 288 g/mol. The van der Waals surface area contributed by atoms with Gasteiger partial charge in [0.15, 0.2) is 17.5 Å². The molecule has 110 valence electrons. The molecule has 0 spiro atoms. The van der Waals surface area contributed by atoms with Crippen molar-refractivity contribution < 1.29 is 22.4 Å². The van der Waals surface area contributed by atoms with Crippen LogP contribution >= 0.6 is 0 Å². The minimum absolute atomic E-state index is 0.186. The molecule has 1 amide bonds. The fraction of sp³-hybridized carbons (Fsp3) is 0.0714. The smallest absolute Gasteiger partial charge is 0.229 e. The first kappa shape index (κ1) is 14.8. The van der Waals surface area contributed by atoms with Crippen molar-refractivity contribution in [2.45, 2.75) is 6.42 Å². The van der Waals surface area contributed by atoms with E-state index in [2.05, 4.69) is 5.32 Å². The normalized spacial score (nSPS) is 10.5. The Morgan fingerprint density at radius 2 is 1.81 bits per heavy atom. The first-order valence-corrected chi connectivity index (χ1v) is 5.85. The van der Waals surface area contributed by atoms with E-state index in [1.54, 1.807) is 0 Å². The van der Waals surface area contributed by atoms with E-state index in [-0.39, 0.29) is 11.3 Å². The number of hydrogen-bond donors (Lipinski definition) is 2. The Morgan fingerprint density at radius 3 is 2.48 bits per heavy atom. The molecule has 0 fully saturated rings. The number of carbonyl (C=O) groups is 1. The molecule has 0 aliphatic heterocycles. The Bertz CT molecular complexity index is 680. The average molecular weight is 298 g/mol. The van der Waals surface area contributed by atoms with Gasteiger partial charge in [-0.05, 0) is 12.1 Å². The highest BCUT2D eigenvalue weighted by molar-refractivity contribution is 5.95. The minimum atomic E-state index is -1.15. The van der Waals surface area contributed by atoms with Gasteiger partial charge in [0.25, 0.3) is 0 Å². The van der Waals surface area contributed by atoms with E-state index in [1.807, 2.05) is 0 Å². The van der Waals surface area contributed by atoms with Crippen molar-refractivity contribution in [3.63, 3.8) is 0 Å². The van der Waals surface area contributed by atoms with E-state index >= 15 is 0 Å². The van der Waals surface area contributed by atoms with Gasteiger partial charge in [0.2, 0.25) is 5.91 Å². The van der Waals surface area contributed by atoms with Crippen LogP contribution in [0.1, 0.15) is 5.56 Å². The van der Waals surface area contributed by atoms with Gasteiger partial charge in [-0.25, -0.2) is 17.6 Å². The highest BCUT2D eigenvalue weighted by Crippen LogP contribution is 2.24. The third kappa shape index (κ3) is 3.31. The summed E-state index contributed by atoms with van der Waals surface area (Å²) < 4.78 is 52.8. The van der Waals surface area contributed by atoms with Crippen LogP contribution in [0.2, 0.25) is 0 Å². The lowest BCUT2D eigenvalue weighted by Gasteiger charge is -2.10. The zero-order valence-electron chi connectivity index (χ0n) is 10.6. The van der Waals surface area contributed by atoms with Gasteiger partial charge in [-0.2, -0.15) is 0 Å². The van der Waals surface area contributed by atoms with Crippen LogP contribution in [-0.2, 0) is 11.2 Å². The monoisotopic (exact) mass is 298 g/mol. The van der Waals surface area contributed by atoms with Gasteiger partial charge in [-0.1, -0.05) is 12.1 Å². The molecule has 3 nitrogen and oxygen atoms in total. The molecule has 0 saturated heterocycles. The number of anilines is 2. The topological polar surface area (TPSA) is 55.1 Å². The number of benzene rings is 2. The van der Waals surface area contributed by atoms with Gasteiger partial charge in [0, 0.05) is 11.6 Å². The van der Waals surface area contributed by atoms with Crippen LogP contribution in [0.5, 0.6) is 0 Å². The summed E-state index contributed by atoms with van der Waals surface area (Å²) in [6.07, 6.45) is -0.514. The number of halogens is 4. The Hall–Kier alpha value is -2.57. The number of carbonyl (C=O) groups excluding carboxylic acids is 1. The maximum absolute atomic E-state index is 13.5. The van der Waals surface area contributed by atoms with Crippen LogP contribution in [0, 0.1) is 23.3 Å². The molecule has 0 aliphatic carbocycles. The largest absolute Gasteiger partial charge is 0.397 e. The summed E-state index contributed by atoms with van der Waals surface area (Å²) in [5, 5.41) is 2.11. The molecule has 21 heavy (non-hydrogen) atoms. The van der Waals surface area contributed by atoms with Crippen LogP contribution in [0.15, 0.2) is 30.3 Å². The Kier molecular flexibility index (Phi) is 4.11. The lowest BCUT2D eigenvalue weighted by atomic mass is 10.1. The summed E-state index contributed by atoms with van der Waals surface area (Å²) in [5.41, 5.74) is 4.49. The van der Waals surface area contributed by atoms with Crippen molar-refractivity contribution in [3.8, 4) is 0 Å². The number of nitrogen functional groups attached to an aromatic ring is 1. The van der Waals surface area contributed by atoms with E-state index in [9.17, 15) is 22.4 Å². The van der Waals surface area contributed by atoms with Crippen LogP contribution in [-0.4, -0.2) is 5.91 Å². The average Bonchev–Trinajstić information content (AvgIpc) is 2.39. The van der Waals surface area contributed by atoms with Crippen LogP contribution in [0.4, 0.5) is 28.9 Å². The van der Waals surface area contributed by atoms with E-state index in [1.165, 1.54) is 12.1 Å². The molecule has 0 saturated carbocycles. The van der Waals surface area contributed by atoms with Crippen molar-refractivity contribution in [3.05, 3.63) is 59.2 Å². The van der Waals surface area contributed by atoms with Crippen molar-refractivity contribution in [1.29, 1.82) is 0 Å². The van der Waals surface area contributed by atoms with Crippen LogP contribution in [0.3, 0.4) is 0 Å². The molecule has 0 atom stereocenters. The van der Waals surface area contributed by atoms with Gasteiger partial charge >= 0.3 is 0 Å². The van der Waals surface area contributed by atoms with Crippen LogP contribution in [0.25, 0.3) is 0 Å². The predicted octanol–water partition coefficient (Wildman–Crippen LogP) is 3.01. The van der Waals surface area contributed by atoms with Crippen molar-refractivity contribution in [2.75, 3.05) is 11.1 Å². The molecule has 0 radical (unpaired) electrons. The molecule has 0 bridgehead atoms. The molecule has 7 heteroatoms. The number of nitrogens with two attached hydrogens (primary N) is 1. The highest BCUT2D eigenvalue weighted by atomic mass is 19.2. The standard InChI is InChI=1S/C14H10F4N2O/c15-8-5-10(17)14(11(19)6-8)20-12(21)4-7-2-1-3-9(16)13(7)18/h1-3,5-6H,4,19H2,(H,20,21). The number of amides is 1. The SMILES string of the molecule is Nc1cc(F)cc(F)c1NC(=O)Cc1cccc(F)c1F. The van der Waals surface area contributed by atoms with Crippen molar-refractivity contribution in [2.24, 2.45) is 0 Å². The van der Waals surface area contributed by atoms with Gasteiger partial charge < -0.3 is 11.1 Å². The Labute approximate surface area is 117 Å². The molecule has 2 rings (SSSR count). The molecule has 0 aliphatic rings. The van der Waals surface area contributed by atoms with E-state index in [0.29, 0.717) is 6.07 Å². The van der Waals surface area contributed by atoms with Gasteiger partial charge in [0.05, 0.1) is 12.1 Å². The Morgan fingerprint density at radius 1 is 1.10 bits per heavy atom. The fourth-order valence-corrected chi connectivity index (χ4v) is 1.77. The fourth-order valence-electron chi connectivity index (χ4n) is 1.77. The van der Waals surface area contributed by atoms with Crippen LogP contribution < -0.4 is 11.1 Å². The first-order chi connectivity index (χ1) is 9.88. The quantitative estimate of drug-likeness (QED) is 0.676. The lowest BCUT2D eigenvalue weighted by molar-refractivity contribution is -0.115. The summed E-state index contributed by atoms with van der Waals surface area (Å²) in [6, 6.07) is 4.76. The van der Waals surface area contributed by atoms with Crippen molar-refractivity contribution in [1.82, 2.24) is 0 Å². The third-order valence-corrected chi connectivity index (χ3v) is 2.73. The molecule has 0 unspecified atom stereocenters. The lowest BCUT2D eigenvalue weighted by Crippen LogP contribution is -2.17. The minimum Gasteiger partial charge on any atom is -0.397 e. The first-order valence-electron chi connectivity index (χ1n) is 5.85. The van der Waals surface area contributed by atoms with Gasteiger partial charge in [-0.15, -0.1) is 0 Å². The van der Waals surface area contributed by atoms with E-state index < -0.39 is 41.3 Å². The predicted molar refractivity (Wildman–Crippen MR) is 69.5 cm³/mol. The van der Waals surface area contributed by atoms with E-state index in [0.717, 1.165) is 12.1 Å². The highest BCUT2D eigenvalue weighted by Gasteiger charge is 2.15. The molecule has 2 aromatic rings. The molecule has 2 aromatic carbocycles. The Balaban J connectivity index is 2.18. The summed E-state index contributed by atoms with van der Waals surface area (Å²) >= 11 is 0. The van der Waals surface area contributed by atoms with E-state index in [4.69, 9.17) is 5.73 Å². The molecule has 3 N–H and O–H groups in total.